The van der Waals surface area contributed by atoms with E-state index in [2.05, 4.69) is 21.2 Å². The zero-order valence-corrected chi connectivity index (χ0v) is 13.2. The molecule has 24 heavy (non-hydrogen) atoms. The van der Waals surface area contributed by atoms with Gasteiger partial charge in [-0.2, -0.15) is 0 Å². The van der Waals surface area contributed by atoms with Crippen LogP contribution in [0.1, 0.15) is 32.7 Å². The second-order valence-corrected chi connectivity index (χ2v) is 5.06. The van der Waals surface area contributed by atoms with Crippen molar-refractivity contribution in [1.29, 1.82) is 0 Å². The summed E-state index contributed by atoms with van der Waals surface area (Å²) < 4.78 is 0. The summed E-state index contributed by atoms with van der Waals surface area (Å²) in [5.74, 6) is -1.10. The minimum atomic E-state index is -0.458. The molecule has 0 spiro atoms. The lowest BCUT2D eigenvalue weighted by molar-refractivity contribution is -0.121. The summed E-state index contributed by atoms with van der Waals surface area (Å²) in [4.78, 5) is 39.2. The monoisotopic (exact) mass is 326 g/mol. The fourth-order valence-corrected chi connectivity index (χ4v) is 1.97. The van der Waals surface area contributed by atoms with Crippen LogP contribution in [-0.2, 0) is 4.79 Å². The number of pyridine rings is 1. The second kappa shape index (κ2) is 8.42. The molecule has 0 saturated heterocycles. The number of aromatic nitrogens is 1. The molecule has 7 heteroatoms. The maximum absolute atomic E-state index is 12.0. The van der Waals surface area contributed by atoms with Crippen molar-refractivity contribution in [3.63, 3.8) is 0 Å². The van der Waals surface area contributed by atoms with Gasteiger partial charge < -0.3 is 5.32 Å². The Hall–Kier alpha value is -3.22. The van der Waals surface area contributed by atoms with E-state index in [1.165, 1.54) is 6.20 Å². The highest BCUT2D eigenvalue weighted by molar-refractivity contribution is 5.96. The molecule has 0 aliphatic rings. The first-order chi connectivity index (χ1) is 11.6. The minimum Gasteiger partial charge on any atom is -0.352 e. The lowest BCUT2D eigenvalue weighted by atomic mass is 10.1. The van der Waals surface area contributed by atoms with Crippen LogP contribution in [0.15, 0.2) is 48.8 Å². The Balaban J connectivity index is 1.71. The topological polar surface area (TPSA) is 100 Å². The number of hydrogen-bond acceptors (Lipinski definition) is 4. The summed E-state index contributed by atoms with van der Waals surface area (Å²) in [5, 5.41) is 2.67. The van der Waals surface area contributed by atoms with Crippen molar-refractivity contribution in [2.75, 3.05) is 6.54 Å². The van der Waals surface area contributed by atoms with E-state index >= 15 is 0 Å². The molecule has 0 aliphatic heterocycles. The highest BCUT2D eigenvalue weighted by Gasteiger charge is 2.10. The molecule has 7 nitrogen and oxygen atoms in total. The van der Waals surface area contributed by atoms with Gasteiger partial charge in [0.2, 0.25) is 5.91 Å². The largest absolute Gasteiger partial charge is 0.352 e. The molecule has 3 N–H and O–H groups in total. The molecule has 2 rings (SSSR count). The van der Waals surface area contributed by atoms with Crippen LogP contribution in [0, 0.1) is 6.92 Å². The van der Waals surface area contributed by atoms with E-state index in [0.717, 1.165) is 5.56 Å². The number of carbonyl (C=O) groups excluding carboxylic acids is 3. The highest BCUT2D eigenvalue weighted by Crippen LogP contribution is 2.06. The van der Waals surface area contributed by atoms with Crippen LogP contribution >= 0.6 is 0 Å². The van der Waals surface area contributed by atoms with Gasteiger partial charge in [-0.1, -0.05) is 18.2 Å². The van der Waals surface area contributed by atoms with E-state index in [4.69, 9.17) is 0 Å². The predicted molar refractivity (Wildman–Crippen MR) is 88.0 cm³/mol. The number of rotatable bonds is 5. The number of amides is 3. The van der Waals surface area contributed by atoms with E-state index < -0.39 is 11.8 Å². The molecule has 1 aromatic carbocycles. The molecule has 0 radical (unpaired) electrons. The van der Waals surface area contributed by atoms with Crippen LogP contribution in [0.4, 0.5) is 0 Å². The number of benzene rings is 1. The average molecular weight is 326 g/mol. The molecule has 2 aromatic rings. The third kappa shape index (κ3) is 4.91. The highest BCUT2D eigenvalue weighted by atomic mass is 16.2. The average Bonchev–Trinajstić information content (AvgIpc) is 2.60. The van der Waals surface area contributed by atoms with E-state index in [0.29, 0.717) is 11.1 Å². The van der Waals surface area contributed by atoms with Crippen LogP contribution < -0.4 is 16.2 Å². The first-order valence-corrected chi connectivity index (χ1v) is 7.41. The van der Waals surface area contributed by atoms with Crippen molar-refractivity contribution in [2.45, 2.75) is 13.3 Å². The first-order valence-electron chi connectivity index (χ1n) is 7.41. The molecule has 0 bridgehead atoms. The van der Waals surface area contributed by atoms with Crippen molar-refractivity contribution in [3.05, 3.63) is 65.5 Å². The van der Waals surface area contributed by atoms with Crippen molar-refractivity contribution in [1.82, 2.24) is 21.2 Å². The van der Waals surface area contributed by atoms with E-state index in [9.17, 15) is 14.4 Å². The molecule has 0 fully saturated rings. The lowest BCUT2D eigenvalue weighted by Crippen LogP contribution is -2.42. The van der Waals surface area contributed by atoms with Crippen molar-refractivity contribution in [2.24, 2.45) is 0 Å². The van der Waals surface area contributed by atoms with Gasteiger partial charge in [0.15, 0.2) is 0 Å². The Morgan fingerprint density at radius 2 is 1.79 bits per heavy atom. The van der Waals surface area contributed by atoms with E-state index in [1.54, 1.807) is 30.5 Å². The second-order valence-electron chi connectivity index (χ2n) is 5.06. The van der Waals surface area contributed by atoms with Gasteiger partial charge in [0.05, 0.1) is 5.56 Å². The minimum absolute atomic E-state index is 0.0466. The van der Waals surface area contributed by atoms with Crippen molar-refractivity contribution >= 4 is 17.7 Å². The van der Waals surface area contributed by atoms with Gasteiger partial charge in [-0.25, -0.2) is 0 Å². The standard InChI is InChI=1S/C17H18N4O3/c1-12-5-2-3-7-14(12)17(24)19-10-8-15(22)20-21-16(23)13-6-4-9-18-11-13/h2-7,9,11H,8,10H2,1H3,(H,19,24)(H,20,22)(H,21,23). The number of hydrogen-bond donors (Lipinski definition) is 3. The van der Waals surface area contributed by atoms with E-state index in [1.807, 2.05) is 19.1 Å². The third-order valence-electron chi connectivity index (χ3n) is 3.27. The number of hydrazine groups is 1. The summed E-state index contributed by atoms with van der Waals surface area (Å²) in [6.07, 6.45) is 2.99. The maximum atomic E-state index is 12.0. The van der Waals surface area contributed by atoms with Gasteiger partial charge in [-0.05, 0) is 30.7 Å². The lowest BCUT2D eigenvalue weighted by Gasteiger charge is -2.09. The summed E-state index contributed by atoms with van der Waals surface area (Å²) in [6, 6.07) is 10.4. The van der Waals surface area contributed by atoms with Gasteiger partial charge in [-0.3, -0.25) is 30.2 Å². The molecule has 1 aromatic heterocycles. The van der Waals surface area contributed by atoms with E-state index in [-0.39, 0.29) is 18.9 Å². The zero-order chi connectivity index (χ0) is 17.4. The summed E-state index contributed by atoms with van der Waals surface area (Å²) in [6.45, 7) is 2.01. The third-order valence-corrected chi connectivity index (χ3v) is 3.27. The Morgan fingerprint density at radius 3 is 2.50 bits per heavy atom. The fourth-order valence-electron chi connectivity index (χ4n) is 1.97. The first kappa shape index (κ1) is 17.1. The van der Waals surface area contributed by atoms with Crippen LogP contribution in [-0.4, -0.2) is 29.3 Å². The SMILES string of the molecule is Cc1ccccc1C(=O)NCCC(=O)NNC(=O)c1cccnc1. The molecule has 0 atom stereocenters. The van der Waals surface area contributed by atoms with Crippen LogP contribution in [0.2, 0.25) is 0 Å². The molecule has 0 unspecified atom stereocenters. The molecule has 3 amide bonds. The molecular weight excluding hydrogens is 308 g/mol. The summed E-state index contributed by atoms with van der Waals surface area (Å²) in [5.41, 5.74) is 6.35. The Morgan fingerprint density at radius 1 is 1.00 bits per heavy atom. The Bertz CT molecular complexity index is 732. The maximum Gasteiger partial charge on any atom is 0.271 e. The molecule has 1 heterocycles. The number of nitrogens with one attached hydrogen (secondary N) is 3. The smallest absolute Gasteiger partial charge is 0.271 e. The predicted octanol–water partition coefficient (Wildman–Crippen LogP) is 0.971. The summed E-state index contributed by atoms with van der Waals surface area (Å²) in [7, 11) is 0. The van der Waals surface area contributed by atoms with Gasteiger partial charge in [-0.15, -0.1) is 0 Å². The van der Waals surface area contributed by atoms with Crippen LogP contribution in [0.3, 0.4) is 0 Å². The molecular formula is C17H18N4O3. The van der Waals surface area contributed by atoms with Gasteiger partial charge in [0.1, 0.15) is 0 Å². The quantitative estimate of drug-likeness (QED) is 0.713. The molecule has 0 aliphatic carbocycles. The van der Waals surface area contributed by atoms with Crippen LogP contribution in [0.5, 0.6) is 0 Å². The molecule has 0 saturated carbocycles. The van der Waals surface area contributed by atoms with Crippen molar-refractivity contribution in [3.8, 4) is 0 Å². The van der Waals surface area contributed by atoms with Crippen LogP contribution in [0.25, 0.3) is 0 Å². The number of carbonyl (C=O) groups is 3. The van der Waals surface area contributed by atoms with Crippen molar-refractivity contribution < 1.29 is 14.4 Å². The van der Waals surface area contributed by atoms with Gasteiger partial charge in [0.25, 0.3) is 11.8 Å². The zero-order valence-electron chi connectivity index (χ0n) is 13.2. The Kier molecular flexibility index (Phi) is 6.01. The normalized spacial score (nSPS) is 9.88. The Labute approximate surface area is 139 Å². The van der Waals surface area contributed by atoms with Gasteiger partial charge in [0, 0.05) is 30.9 Å². The van der Waals surface area contributed by atoms with Gasteiger partial charge >= 0.3 is 0 Å². The molecule has 124 valence electrons. The number of nitrogens with zero attached hydrogens (tertiary/aromatic N) is 1. The summed E-state index contributed by atoms with van der Waals surface area (Å²) >= 11 is 0. The fraction of sp³-hybridized carbons (Fsp3) is 0.176. The number of aryl methyl sites for hydroxylation is 1.